The minimum absolute atomic E-state index is 0.185. The number of amides is 1. The largest absolute Gasteiger partial charge is 0.452 e. The van der Waals surface area contributed by atoms with E-state index in [1.165, 1.54) is 0 Å². The van der Waals surface area contributed by atoms with Gasteiger partial charge in [-0.3, -0.25) is 4.79 Å². The van der Waals surface area contributed by atoms with Crippen LogP contribution in [0.3, 0.4) is 0 Å². The predicted octanol–water partition coefficient (Wildman–Crippen LogP) is 3.84. The minimum Gasteiger partial charge on any atom is -0.452 e. The number of oxime groups is 1. The summed E-state index contributed by atoms with van der Waals surface area (Å²) in [6, 6.07) is 16.3. The first-order chi connectivity index (χ1) is 11.2. The van der Waals surface area contributed by atoms with Crippen molar-refractivity contribution in [2.45, 2.75) is 0 Å². The summed E-state index contributed by atoms with van der Waals surface area (Å²) >= 11 is 5.58. The van der Waals surface area contributed by atoms with E-state index in [-0.39, 0.29) is 23.3 Å². The second-order valence-corrected chi connectivity index (χ2v) is 5.07. The highest BCUT2D eigenvalue weighted by Crippen LogP contribution is 2.32. The zero-order valence-electron chi connectivity index (χ0n) is 12.0. The fraction of sp³-hybridized carbons (Fsp3) is 0.0588. The van der Waals surface area contributed by atoms with Gasteiger partial charge in [-0.1, -0.05) is 47.6 Å². The van der Waals surface area contributed by atoms with E-state index in [4.69, 9.17) is 16.0 Å². The zero-order valence-corrected chi connectivity index (χ0v) is 12.7. The van der Waals surface area contributed by atoms with E-state index in [0.29, 0.717) is 22.2 Å². The fourth-order valence-corrected chi connectivity index (χ4v) is 2.41. The second-order valence-electron chi connectivity index (χ2n) is 4.80. The third kappa shape index (κ3) is 2.91. The molecule has 0 saturated carbocycles. The molecule has 0 fully saturated rings. The average Bonchev–Trinajstić information content (AvgIpc) is 2.95. The summed E-state index contributed by atoms with van der Waals surface area (Å²) in [6.07, 6.45) is 0. The van der Waals surface area contributed by atoms with E-state index in [1.54, 1.807) is 18.2 Å². The number of halogens is 1. The number of fused-ring (bicyclic) bond motifs is 1. The maximum Gasteiger partial charge on any atom is 0.239 e. The Balaban J connectivity index is 2.19. The average molecular weight is 329 g/mol. The number of para-hydroxylation sites is 1. The first-order valence-corrected chi connectivity index (χ1v) is 7.43. The molecule has 0 saturated heterocycles. The molecule has 3 rings (SSSR count). The molecule has 1 amide bonds. The number of hydrogen-bond acceptors (Lipinski definition) is 4. The minimum atomic E-state index is -0.371. The number of hydrogen-bond donors (Lipinski definition) is 2. The second kappa shape index (κ2) is 6.54. The number of furan rings is 1. The lowest BCUT2D eigenvalue weighted by atomic mass is 10.1. The monoisotopic (exact) mass is 328 g/mol. The van der Waals surface area contributed by atoms with Crippen LogP contribution in [0.2, 0.25) is 0 Å². The Morgan fingerprint density at radius 2 is 1.83 bits per heavy atom. The van der Waals surface area contributed by atoms with Crippen LogP contribution in [0.15, 0.2) is 64.2 Å². The Morgan fingerprint density at radius 1 is 1.13 bits per heavy atom. The summed E-state index contributed by atoms with van der Waals surface area (Å²) in [6.45, 7) is 0. The third-order valence-corrected chi connectivity index (χ3v) is 3.59. The van der Waals surface area contributed by atoms with Gasteiger partial charge >= 0.3 is 0 Å². The van der Waals surface area contributed by atoms with Gasteiger partial charge in [0.05, 0.1) is 5.69 Å². The van der Waals surface area contributed by atoms with E-state index < -0.39 is 0 Å². The van der Waals surface area contributed by atoms with Crippen molar-refractivity contribution in [3.63, 3.8) is 0 Å². The molecule has 5 nitrogen and oxygen atoms in total. The van der Waals surface area contributed by atoms with Gasteiger partial charge in [-0.25, -0.2) is 0 Å². The molecule has 1 heterocycles. The standard InChI is InChI=1S/C17H13ClN2O3/c18-10-14(21)19-16-12-8-4-5-9-13(12)23-17(16)15(20-22)11-6-2-1-3-7-11/h1-9,22H,10H2,(H,19,21)/b20-15+. The van der Waals surface area contributed by atoms with Crippen molar-refractivity contribution in [1.29, 1.82) is 0 Å². The topological polar surface area (TPSA) is 74.8 Å². The molecular weight excluding hydrogens is 316 g/mol. The van der Waals surface area contributed by atoms with Gasteiger partial charge in [-0.05, 0) is 12.1 Å². The van der Waals surface area contributed by atoms with Crippen LogP contribution in [0, 0.1) is 0 Å². The normalized spacial score (nSPS) is 11.6. The Morgan fingerprint density at radius 3 is 2.52 bits per heavy atom. The molecule has 116 valence electrons. The number of alkyl halides is 1. The van der Waals surface area contributed by atoms with Crippen molar-refractivity contribution >= 4 is 39.9 Å². The summed E-state index contributed by atoms with van der Waals surface area (Å²) in [4.78, 5) is 11.7. The van der Waals surface area contributed by atoms with Crippen LogP contribution in [0.5, 0.6) is 0 Å². The third-order valence-electron chi connectivity index (χ3n) is 3.34. The Hall–Kier alpha value is -2.79. The molecule has 0 bridgehead atoms. The number of nitrogens with one attached hydrogen (secondary N) is 1. The van der Waals surface area contributed by atoms with Crippen molar-refractivity contribution in [2.24, 2.45) is 5.16 Å². The molecule has 2 N–H and O–H groups in total. The predicted molar refractivity (Wildman–Crippen MR) is 89.4 cm³/mol. The van der Waals surface area contributed by atoms with Crippen LogP contribution in [-0.4, -0.2) is 22.7 Å². The lowest BCUT2D eigenvalue weighted by Crippen LogP contribution is -2.15. The lowest BCUT2D eigenvalue weighted by Gasteiger charge is -2.06. The number of rotatable bonds is 4. The summed E-state index contributed by atoms with van der Waals surface area (Å²) in [5, 5.41) is 16.2. The van der Waals surface area contributed by atoms with Crippen LogP contribution in [0.25, 0.3) is 11.0 Å². The highest BCUT2D eigenvalue weighted by molar-refractivity contribution is 6.30. The quantitative estimate of drug-likeness (QED) is 0.331. The smallest absolute Gasteiger partial charge is 0.239 e. The van der Waals surface area contributed by atoms with Crippen LogP contribution in [0.4, 0.5) is 5.69 Å². The molecule has 0 aliphatic heterocycles. The summed E-state index contributed by atoms with van der Waals surface area (Å²) in [5.74, 6) is -0.279. The molecule has 0 aliphatic rings. The number of nitrogens with zero attached hydrogens (tertiary/aromatic N) is 1. The molecular formula is C17H13ClN2O3. The van der Waals surface area contributed by atoms with E-state index >= 15 is 0 Å². The van der Waals surface area contributed by atoms with Gasteiger partial charge in [0.25, 0.3) is 0 Å². The lowest BCUT2D eigenvalue weighted by molar-refractivity contribution is -0.113. The van der Waals surface area contributed by atoms with E-state index in [2.05, 4.69) is 10.5 Å². The SMILES string of the molecule is O=C(CCl)Nc1c(/C(=N/O)c2ccccc2)oc2ccccc12. The first kappa shape index (κ1) is 15.1. The first-order valence-electron chi connectivity index (χ1n) is 6.89. The number of carbonyl (C=O) groups excluding carboxylic acids is 1. The molecule has 3 aromatic rings. The molecule has 0 spiro atoms. The van der Waals surface area contributed by atoms with Gasteiger partial charge in [0.15, 0.2) is 11.5 Å². The van der Waals surface area contributed by atoms with Gasteiger partial charge < -0.3 is 14.9 Å². The molecule has 2 aromatic carbocycles. The van der Waals surface area contributed by atoms with Crippen molar-refractivity contribution in [3.8, 4) is 0 Å². The number of anilines is 1. The molecule has 1 aromatic heterocycles. The molecule has 23 heavy (non-hydrogen) atoms. The van der Waals surface area contributed by atoms with Gasteiger partial charge in [0.2, 0.25) is 5.91 Å². The summed E-state index contributed by atoms with van der Waals surface area (Å²) in [5.41, 5.74) is 1.90. The van der Waals surface area contributed by atoms with E-state index in [1.807, 2.05) is 36.4 Å². The molecule has 0 atom stereocenters. The van der Waals surface area contributed by atoms with Crippen molar-refractivity contribution in [3.05, 3.63) is 65.9 Å². The molecule has 0 aliphatic carbocycles. The van der Waals surface area contributed by atoms with Crippen molar-refractivity contribution in [1.82, 2.24) is 0 Å². The number of carbonyl (C=O) groups is 1. The molecule has 6 heteroatoms. The Labute approximate surface area is 137 Å². The summed E-state index contributed by atoms with van der Waals surface area (Å²) < 4.78 is 5.80. The van der Waals surface area contributed by atoms with Gasteiger partial charge in [-0.2, -0.15) is 0 Å². The highest BCUT2D eigenvalue weighted by atomic mass is 35.5. The highest BCUT2D eigenvalue weighted by Gasteiger charge is 2.22. The van der Waals surface area contributed by atoms with Crippen LogP contribution < -0.4 is 5.32 Å². The van der Waals surface area contributed by atoms with Crippen LogP contribution in [-0.2, 0) is 4.79 Å². The maximum atomic E-state index is 11.7. The molecule has 0 unspecified atom stereocenters. The zero-order chi connectivity index (χ0) is 16.2. The molecule has 0 radical (unpaired) electrons. The Bertz CT molecular complexity index is 872. The van der Waals surface area contributed by atoms with Gasteiger partial charge in [0.1, 0.15) is 11.5 Å². The Kier molecular flexibility index (Phi) is 4.30. The van der Waals surface area contributed by atoms with Gasteiger partial charge in [-0.15, -0.1) is 11.6 Å². The van der Waals surface area contributed by atoms with Crippen molar-refractivity contribution in [2.75, 3.05) is 11.2 Å². The van der Waals surface area contributed by atoms with E-state index in [9.17, 15) is 10.0 Å². The maximum absolute atomic E-state index is 11.7. The van der Waals surface area contributed by atoms with Gasteiger partial charge in [0, 0.05) is 10.9 Å². The van der Waals surface area contributed by atoms with Crippen LogP contribution >= 0.6 is 11.6 Å². The fourth-order valence-electron chi connectivity index (χ4n) is 2.34. The van der Waals surface area contributed by atoms with Crippen LogP contribution in [0.1, 0.15) is 11.3 Å². The van der Waals surface area contributed by atoms with E-state index in [0.717, 1.165) is 0 Å². The van der Waals surface area contributed by atoms with Crippen molar-refractivity contribution < 1.29 is 14.4 Å². The number of benzene rings is 2. The summed E-state index contributed by atoms with van der Waals surface area (Å²) in [7, 11) is 0.